The summed E-state index contributed by atoms with van der Waals surface area (Å²) in [5.41, 5.74) is 5.87. The number of nitrogens with two attached hydrogens (primary N) is 1. The van der Waals surface area contributed by atoms with E-state index in [2.05, 4.69) is 0 Å². The Balaban J connectivity index is 2.40. The molecule has 0 bridgehead atoms. The van der Waals surface area contributed by atoms with Crippen LogP contribution in [-0.2, 0) is 20.0 Å². The van der Waals surface area contributed by atoms with Crippen LogP contribution in [0.2, 0.25) is 0 Å². The molecule has 1 saturated heterocycles. The van der Waals surface area contributed by atoms with Gasteiger partial charge in [-0.3, -0.25) is 0 Å². The number of hydrogen-bond acceptors (Lipinski definition) is 5. The Kier molecular flexibility index (Phi) is 6.03. The third-order valence-corrected chi connectivity index (χ3v) is 8.11. The largest absolute Gasteiger partial charge is 0.327 e. The van der Waals surface area contributed by atoms with Crippen LogP contribution in [0.15, 0.2) is 34.1 Å². The molecule has 0 saturated carbocycles. The van der Waals surface area contributed by atoms with Gasteiger partial charge < -0.3 is 5.73 Å². The first kappa shape index (κ1) is 19.3. The lowest BCUT2D eigenvalue weighted by atomic mass is 10.1. The molecule has 1 atom stereocenters. The minimum Gasteiger partial charge on any atom is -0.327 e. The van der Waals surface area contributed by atoms with E-state index in [0.717, 1.165) is 6.42 Å². The van der Waals surface area contributed by atoms with Gasteiger partial charge >= 0.3 is 0 Å². The molecule has 136 valence electrons. The molecular weight excluding hydrogens is 350 g/mol. The zero-order valence-electron chi connectivity index (χ0n) is 14.1. The molecule has 1 fully saturated rings. The van der Waals surface area contributed by atoms with E-state index in [1.807, 2.05) is 0 Å². The zero-order valence-corrected chi connectivity index (χ0v) is 15.7. The number of sulfonamides is 2. The van der Waals surface area contributed by atoms with Crippen molar-refractivity contribution in [3.8, 4) is 0 Å². The normalized spacial score (nSPS) is 20.4. The third kappa shape index (κ3) is 3.80. The van der Waals surface area contributed by atoms with Crippen LogP contribution in [0.4, 0.5) is 0 Å². The molecule has 0 radical (unpaired) electrons. The smallest absolute Gasteiger partial charge is 0.243 e. The Morgan fingerprint density at radius 3 is 2.38 bits per heavy atom. The van der Waals surface area contributed by atoms with Gasteiger partial charge in [0.05, 0.1) is 9.79 Å². The first-order valence-electron chi connectivity index (χ1n) is 8.09. The van der Waals surface area contributed by atoms with Gasteiger partial charge in [-0.1, -0.05) is 19.9 Å². The lowest BCUT2D eigenvalue weighted by molar-refractivity contribution is 0.316. The fourth-order valence-corrected chi connectivity index (χ4v) is 6.01. The first-order chi connectivity index (χ1) is 11.2. The van der Waals surface area contributed by atoms with Crippen LogP contribution in [0.3, 0.4) is 0 Å². The number of piperidine rings is 1. The van der Waals surface area contributed by atoms with Crippen LogP contribution in [0.25, 0.3) is 0 Å². The predicted molar refractivity (Wildman–Crippen MR) is 92.5 cm³/mol. The van der Waals surface area contributed by atoms with E-state index in [0.29, 0.717) is 26.1 Å². The lowest BCUT2D eigenvalue weighted by Crippen LogP contribution is -2.45. The fraction of sp³-hybridized carbons (Fsp3) is 0.600. The Morgan fingerprint density at radius 1 is 1.17 bits per heavy atom. The van der Waals surface area contributed by atoms with Gasteiger partial charge in [-0.05, 0) is 31.0 Å². The molecular formula is C15H25N3O4S2. The van der Waals surface area contributed by atoms with E-state index in [-0.39, 0.29) is 22.4 Å². The highest BCUT2D eigenvalue weighted by atomic mass is 32.2. The topological polar surface area (TPSA) is 101 Å². The van der Waals surface area contributed by atoms with Gasteiger partial charge in [-0.25, -0.2) is 16.8 Å². The highest BCUT2D eigenvalue weighted by Crippen LogP contribution is 2.24. The monoisotopic (exact) mass is 375 g/mol. The second-order valence-corrected chi connectivity index (χ2v) is 9.71. The summed E-state index contributed by atoms with van der Waals surface area (Å²) in [7, 11) is -7.45. The van der Waals surface area contributed by atoms with E-state index >= 15 is 0 Å². The zero-order chi connectivity index (χ0) is 18.0. The van der Waals surface area contributed by atoms with Crippen molar-refractivity contribution in [2.75, 3.05) is 26.2 Å². The van der Waals surface area contributed by atoms with Crippen molar-refractivity contribution in [1.82, 2.24) is 8.61 Å². The summed E-state index contributed by atoms with van der Waals surface area (Å²) in [5, 5.41) is 0. The van der Waals surface area contributed by atoms with Gasteiger partial charge in [-0.15, -0.1) is 0 Å². The van der Waals surface area contributed by atoms with Crippen molar-refractivity contribution in [3.05, 3.63) is 24.3 Å². The van der Waals surface area contributed by atoms with Crippen molar-refractivity contribution >= 4 is 20.0 Å². The third-order valence-electron chi connectivity index (χ3n) is 4.21. The average molecular weight is 376 g/mol. The molecule has 2 rings (SSSR count). The van der Waals surface area contributed by atoms with Crippen molar-refractivity contribution in [1.29, 1.82) is 0 Å². The van der Waals surface area contributed by atoms with E-state index in [1.165, 1.54) is 32.9 Å². The van der Waals surface area contributed by atoms with Crippen LogP contribution in [0, 0.1) is 0 Å². The number of rotatable bonds is 6. The molecule has 9 heteroatoms. The molecule has 2 N–H and O–H groups in total. The minimum atomic E-state index is -3.75. The lowest BCUT2D eigenvalue weighted by Gasteiger charge is -2.30. The molecule has 0 aliphatic carbocycles. The van der Waals surface area contributed by atoms with Crippen molar-refractivity contribution in [2.24, 2.45) is 5.73 Å². The molecule has 0 aromatic heterocycles. The summed E-state index contributed by atoms with van der Waals surface area (Å²) in [6.45, 7) is 4.82. The van der Waals surface area contributed by atoms with Crippen LogP contribution in [0.1, 0.15) is 26.7 Å². The second kappa shape index (κ2) is 7.49. The van der Waals surface area contributed by atoms with Gasteiger partial charge in [0.15, 0.2) is 0 Å². The summed E-state index contributed by atoms with van der Waals surface area (Å²) in [5.74, 6) is 0. The van der Waals surface area contributed by atoms with Crippen LogP contribution in [-0.4, -0.2) is 57.7 Å². The molecule has 1 aliphatic rings. The summed E-state index contributed by atoms with van der Waals surface area (Å²) in [6, 6.07) is 5.37. The van der Waals surface area contributed by atoms with Gasteiger partial charge in [0.2, 0.25) is 20.0 Å². The van der Waals surface area contributed by atoms with Crippen LogP contribution < -0.4 is 5.73 Å². The summed E-state index contributed by atoms with van der Waals surface area (Å²) in [6.07, 6.45) is 1.50. The highest BCUT2D eigenvalue weighted by Gasteiger charge is 2.30. The molecule has 1 aromatic carbocycles. The molecule has 1 aromatic rings. The van der Waals surface area contributed by atoms with E-state index in [4.69, 9.17) is 5.73 Å². The molecule has 1 aliphatic heterocycles. The minimum absolute atomic E-state index is 0.00594. The Morgan fingerprint density at radius 2 is 1.79 bits per heavy atom. The molecule has 24 heavy (non-hydrogen) atoms. The maximum absolute atomic E-state index is 12.8. The summed E-state index contributed by atoms with van der Waals surface area (Å²) < 4.78 is 53.4. The second-order valence-electron chi connectivity index (χ2n) is 5.83. The maximum Gasteiger partial charge on any atom is 0.243 e. The summed E-state index contributed by atoms with van der Waals surface area (Å²) in [4.78, 5) is -0.0154. The Bertz CT molecular complexity index is 774. The fourth-order valence-electron chi connectivity index (χ4n) is 2.85. The maximum atomic E-state index is 12.8. The van der Waals surface area contributed by atoms with Gasteiger partial charge in [0.25, 0.3) is 0 Å². The number of nitrogens with zero attached hydrogens (tertiary/aromatic N) is 2. The van der Waals surface area contributed by atoms with Crippen LogP contribution >= 0.6 is 0 Å². The van der Waals surface area contributed by atoms with Crippen molar-refractivity contribution in [2.45, 2.75) is 42.5 Å². The van der Waals surface area contributed by atoms with E-state index in [1.54, 1.807) is 13.8 Å². The SMILES string of the molecule is CCN(CC)S(=O)(=O)c1cccc(S(=O)(=O)N2CCCC(N)C2)c1. The molecule has 1 unspecified atom stereocenters. The van der Waals surface area contributed by atoms with Crippen molar-refractivity contribution < 1.29 is 16.8 Å². The molecule has 1 heterocycles. The number of hydrogen-bond donors (Lipinski definition) is 1. The molecule has 0 amide bonds. The van der Waals surface area contributed by atoms with E-state index < -0.39 is 20.0 Å². The molecule has 0 spiro atoms. The van der Waals surface area contributed by atoms with Gasteiger partial charge in [-0.2, -0.15) is 8.61 Å². The highest BCUT2D eigenvalue weighted by molar-refractivity contribution is 7.90. The number of benzene rings is 1. The average Bonchev–Trinajstić information content (AvgIpc) is 2.56. The first-order valence-corrected chi connectivity index (χ1v) is 11.0. The Labute approximate surface area is 144 Å². The Hall–Kier alpha value is -1.00. The van der Waals surface area contributed by atoms with E-state index in [9.17, 15) is 16.8 Å². The van der Waals surface area contributed by atoms with Gasteiger partial charge in [0.1, 0.15) is 0 Å². The predicted octanol–water partition coefficient (Wildman–Crippen LogP) is 0.829. The molecule has 7 nitrogen and oxygen atoms in total. The quantitative estimate of drug-likeness (QED) is 0.794. The van der Waals surface area contributed by atoms with Crippen molar-refractivity contribution in [3.63, 3.8) is 0 Å². The standard InChI is InChI=1S/C15H25N3O4S2/c1-3-17(4-2)23(19,20)14-8-5-9-15(11-14)24(21,22)18-10-6-7-13(16)12-18/h5,8-9,11,13H,3-4,6-7,10,12,16H2,1-2H3. The summed E-state index contributed by atoms with van der Waals surface area (Å²) >= 11 is 0. The van der Waals surface area contributed by atoms with Gasteiger partial charge in [0, 0.05) is 32.2 Å². The van der Waals surface area contributed by atoms with Crippen LogP contribution in [0.5, 0.6) is 0 Å².